The number of nitrogens with zero attached hydrogens (tertiary/aromatic N) is 3. The smallest absolute Gasteiger partial charge is 0.236 e. The van der Waals surface area contributed by atoms with Crippen molar-refractivity contribution < 1.29 is 4.74 Å². The van der Waals surface area contributed by atoms with Crippen LogP contribution in [0.2, 0.25) is 0 Å². The molecule has 0 amide bonds. The molecule has 0 fully saturated rings. The fraction of sp³-hybridized carbons (Fsp3) is 0.150. The van der Waals surface area contributed by atoms with Crippen molar-refractivity contribution in [2.75, 3.05) is 0 Å². The molecule has 0 saturated heterocycles. The number of fused-ring (bicyclic) bond motifs is 3. The van der Waals surface area contributed by atoms with Crippen LogP contribution in [0, 0.1) is 0 Å². The first-order valence-electron chi connectivity index (χ1n) is 8.09. The molecule has 0 spiro atoms. The van der Waals surface area contributed by atoms with Crippen molar-refractivity contribution in [1.29, 1.82) is 0 Å². The maximum Gasteiger partial charge on any atom is 0.236 e. The summed E-state index contributed by atoms with van der Waals surface area (Å²) in [4.78, 5) is 13.9. The average molecular weight is 313 g/mol. The van der Waals surface area contributed by atoms with Gasteiger partial charge >= 0.3 is 0 Å². The molecule has 2 atom stereocenters. The molecule has 2 aliphatic rings. The molecule has 24 heavy (non-hydrogen) atoms. The molecule has 3 heterocycles. The van der Waals surface area contributed by atoms with Gasteiger partial charge in [0.25, 0.3) is 0 Å². The third-order valence-corrected chi connectivity index (χ3v) is 4.56. The molecule has 116 valence electrons. The molecule has 0 bridgehead atoms. The SMILES string of the molecule is c1ccc(-c2cccc(C3=NC4c5ccccc5CC4O3)n2)nc1. The molecule has 4 heteroatoms. The van der Waals surface area contributed by atoms with Crippen molar-refractivity contribution in [1.82, 2.24) is 9.97 Å². The maximum absolute atomic E-state index is 6.11. The van der Waals surface area contributed by atoms with Crippen LogP contribution in [0.4, 0.5) is 0 Å². The molecule has 5 rings (SSSR count). The van der Waals surface area contributed by atoms with Gasteiger partial charge in [-0.2, -0.15) is 0 Å². The number of rotatable bonds is 2. The number of hydrogen-bond donors (Lipinski definition) is 0. The topological polar surface area (TPSA) is 47.4 Å². The predicted octanol–water partition coefficient (Wildman–Crippen LogP) is 3.59. The molecular formula is C20H15N3O. The van der Waals surface area contributed by atoms with Gasteiger partial charge in [0, 0.05) is 12.6 Å². The summed E-state index contributed by atoms with van der Waals surface area (Å²) in [6.07, 6.45) is 2.78. The van der Waals surface area contributed by atoms with Crippen LogP contribution in [0.1, 0.15) is 22.9 Å². The predicted molar refractivity (Wildman–Crippen MR) is 91.8 cm³/mol. The highest BCUT2D eigenvalue weighted by Gasteiger charge is 2.39. The van der Waals surface area contributed by atoms with Gasteiger partial charge < -0.3 is 4.74 Å². The monoisotopic (exact) mass is 313 g/mol. The number of aliphatic imine (C=N–C) groups is 1. The van der Waals surface area contributed by atoms with E-state index >= 15 is 0 Å². The van der Waals surface area contributed by atoms with Gasteiger partial charge in [-0.25, -0.2) is 9.98 Å². The number of ether oxygens (including phenoxy) is 1. The van der Waals surface area contributed by atoms with Crippen molar-refractivity contribution in [3.63, 3.8) is 0 Å². The molecule has 1 aliphatic heterocycles. The van der Waals surface area contributed by atoms with Gasteiger partial charge in [0.15, 0.2) is 0 Å². The fourth-order valence-corrected chi connectivity index (χ4v) is 3.43. The van der Waals surface area contributed by atoms with Gasteiger partial charge in [-0.05, 0) is 35.4 Å². The number of benzene rings is 1. The molecule has 1 aromatic carbocycles. The van der Waals surface area contributed by atoms with E-state index in [1.165, 1.54) is 11.1 Å². The van der Waals surface area contributed by atoms with Crippen molar-refractivity contribution in [3.8, 4) is 11.4 Å². The third kappa shape index (κ3) is 2.11. The van der Waals surface area contributed by atoms with Crippen molar-refractivity contribution in [2.45, 2.75) is 18.6 Å². The Kier molecular flexibility index (Phi) is 2.95. The highest BCUT2D eigenvalue weighted by Crippen LogP contribution is 2.40. The summed E-state index contributed by atoms with van der Waals surface area (Å²) >= 11 is 0. The maximum atomic E-state index is 6.11. The molecule has 0 N–H and O–H groups in total. The molecule has 4 nitrogen and oxygen atoms in total. The molecule has 0 saturated carbocycles. The van der Waals surface area contributed by atoms with E-state index in [1.807, 2.05) is 36.4 Å². The van der Waals surface area contributed by atoms with Crippen molar-refractivity contribution in [2.24, 2.45) is 4.99 Å². The van der Waals surface area contributed by atoms with E-state index in [2.05, 4.69) is 34.2 Å². The number of pyridine rings is 2. The minimum atomic E-state index is 0.0940. The standard InChI is InChI=1S/C20H15N3O/c1-2-7-14-13(6-1)12-18-19(14)23-20(24-18)17-10-5-9-16(22-17)15-8-3-4-11-21-15/h1-11,18-19H,12H2. The lowest BCUT2D eigenvalue weighted by molar-refractivity contribution is 0.206. The second-order valence-corrected chi connectivity index (χ2v) is 6.06. The third-order valence-electron chi connectivity index (χ3n) is 4.56. The molecule has 1 aliphatic carbocycles. The molecule has 3 aromatic rings. The summed E-state index contributed by atoms with van der Waals surface area (Å²) in [7, 11) is 0. The Morgan fingerprint density at radius 3 is 2.58 bits per heavy atom. The lowest BCUT2D eigenvalue weighted by atomic mass is 10.1. The van der Waals surface area contributed by atoms with E-state index in [-0.39, 0.29) is 12.1 Å². The van der Waals surface area contributed by atoms with Crippen LogP contribution in [0.3, 0.4) is 0 Å². The van der Waals surface area contributed by atoms with E-state index in [0.29, 0.717) is 5.90 Å². The zero-order valence-electron chi connectivity index (χ0n) is 13.0. The summed E-state index contributed by atoms with van der Waals surface area (Å²) < 4.78 is 6.11. The van der Waals surface area contributed by atoms with Gasteiger partial charge in [-0.1, -0.05) is 36.4 Å². The normalized spacial score (nSPS) is 20.9. The van der Waals surface area contributed by atoms with E-state index in [0.717, 1.165) is 23.5 Å². The first-order valence-corrected chi connectivity index (χ1v) is 8.09. The highest BCUT2D eigenvalue weighted by atomic mass is 16.5. The molecule has 2 aromatic heterocycles. The largest absolute Gasteiger partial charge is 0.470 e. The molecular weight excluding hydrogens is 298 g/mol. The summed E-state index contributed by atoms with van der Waals surface area (Å²) in [6, 6.07) is 20.2. The Morgan fingerprint density at radius 2 is 1.67 bits per heavy atom. The van der Waals surface area contributed by atoms with Crippen LogP contribution in [-0.4, -0.2) is 22.0 Å². The van der Waals surface area contributed by atoms with Crippen LogP contribution >= 0.6 is 0 Å². The first-order chi connectivity index (χ1) is 11.9. The van der Waals surface area contributed by atoms with Gasteiger partial charge in [0.1, 0.15) is 17.8 Å². The first kappa shape index (κ1) is 13.4. The van der Waals surface area contributed by atoms with Crippen molar-refractivity contribution >= 4 is 5.90 Å². The van der Waals surface area contributed by atoms with Crippen LogP contribution in [0.5, 0.6) is 0 Å². The zero-order chi connectivity index (χ0) is 15.9. The van der Waals surface area contributed by atoms with E-state index in [1.54, 1.807) is 6.20 Å². The van der Waals surface area contributed by atoms with Crippen LogP contribution < -0.4 is 0 Å². The van der Waals surface area contributed by atoms with E-state index in [4.69, 9.17) is 9.73 Å². The zero-order valence-corrected chi connectivity index (χ0v) is 13.0. The lowest BCUT2D eigenvalue weighted by Gasteiger charge is -2.09. The number of aromatic nitrogens is 2. The molecule has 2 unspecified atom stereocenters. The van der Waals surface area contributed by atoms with Crippen LogP contribution in [-0.2, 0) is 11.2 Å². The quantitative estimate of drug-likeness (QED) is 0.726. The van der Waals surface area contributed by atoms with E-state index < -0.39 is 0 Å². The minimum Gasteiger partial charge on any atom is -0.470 e. The lowest BCUT2D eigenvalue weighted by Crippen LogP contribution is -2.14. The fourth-order valence-electron chi connectivity index (χ4n) is 3.43. The summed E-state index contributed by atoms with van der Waals surface area (Å²) in [5, 5.41) is 0. The van der Waals surface area contributed by atoms with Crippen LogP contribution in [0.15, 0.2) is 71.9 Å². The summed E-state index contributed by atoms with van der Waals surface area (Å²) in [5.74, 6) is 0.636. The van der Waals surface area contributed by atoms with Gasteiger partial charge in [-0.3, -0.25) is 4.98 Å². The second-order valence-electron chi connectivity index (χ2n) is 6.06. The van der Waals surface area contributed by atoms with Crippen LogP contribution in [0.25, 0.3) is 11.4 Å². The Labute approximate surface area is 139 Å². The number of hydrogen-bond acceptors (Lipinski definition) is 4. The van der Waals surface area contributed by atoms with E-state index in [9.17, 15) is 0 Å². The van der Waals surface area contributed by atoms with Gasteiger partial charge in [-0.15, -0.1) is 0 Å². The minimum absolute atomic E-state index is 0.0940. The Hall–Kier alpha value is -3.01. The van der Waals surface area contributed by atoms with Gasteiger partial charge in [0.05, 0.1) is 11.4 Å². The summed E-state index contributed by atoms with van der Waals surface area (Å²) in [5.41, 5.74) is 5.06. The Balaban J connectivity index is 1.51. The average Bonchev–Trinajstić information content (AvgIpc) is 3.21. The van der Waals surface area contributed by atoms with Crippen molar-refractivity contribution in [3.05, 3.63) is 83.7 Å². The highest BCUT2D eigenvalue weighted by molar-refractivity contribution is 5.94. The Bertz CT molecular complexity index is 936. The Morgan fingerprint density at radius 1 is 0.833 bits per heavy atom. The molecule has 0 radical (unpaired) electrons. The van der Waals surface area contributed by atoms with Gasteiger partial charge in [0.2, 0.25) is 5.90 Å². The summed E-state index contributed by atoms with van der Waals surface area (Å²) in [6.45, 7) is 0. The second kappa shape index (κ2) is 5.27.